The monoisotopic (exact) mass is 284 g/mol. The highest BCUT2D eigenvalue weighted by Gasteiger charge is 2.08. The third kappa shape index (κ3) is 4.05. The van der Waals surface area contributed by atoms with Crippen LogP contribution < -0.4 is 5.32 Å². The van der Waals surface area contributed by atoms with Gasteiger partial charge in [0.15, 0.2) is 0 Å². The van der Waals surface area contributed by atoms with E-state index >= 15 is 0 Å². The van der Waals surface area contributed by atoms with Gasteiger partial charge in [0.1, 0.15) is 11.4 Å². The van der Waals surface area contributed by atoms with Crippen LogP contribution in [0, 0.1) is 6.92 Å². The molecule has 4 heteroatoms. The number of anilines is 1. The van der Waals surface area contributed by atoms with Crippen molar-refractivity contribution in [3.05, 3.63) is 53.3 Å². The standard InChI is InChI=1S/C17H20N2O2/c1-3-4-5-13-6-8-15(18-11-13)17(21)19-14-7-9-16(20)12(2)10-14/h6-11,20H,3-5H2,1-2H3,(H,19,21). The topological polar surface area (TPSA) is 62.2 Å². The summed E-state index contributed by atoms with van der Waals surface area (Å²) in [6, 6.07) is 8.64. The first-order valence-electron chi connectivity index (χ1n) is 7.16. The van der Waals surface area contributed by atoms with E-state index in [4.69, 9.17) is 0 Å². The van der Waals surface area contributed by atoms with Crippen LogP contribution in [0.2, 0.25) is 0 Å². The Balaban J connectivity index is 2.04. The molecule has 0 aliphatic rings. The minimum absolute atomic E-state index is 0.214. The molecule has 0 bridgehead atoms. The predicted octanol–water partition coefficient (Wildman–Crippen LogP) is 3.69. The smallest absolute Gasteiger partial charge is 0.274 e. The summed E-state index contributed by atoms with van der Waals surface area (Å²) in [4.78, 5) is 16.3. The number of nitrogens with one attached hydrogen (secondary N) is 1. The molecule has 4 nitrogen and oxygen atoms in total. The molecular weight excluding hydrogens is 264 g/mol. The molecule has 0 saturated carbocycles. The number of hydrogen-bond acceptors (Lipinski definition) is 3. The summed E-state index contributed by atoms with van der Waals surface area (Å²) in [7, 11) is 0. The van der Waals surface area contributed by atoms with E-state index in [1.807, 2.05) is 6.07 Å². The molecule has 2 rings (SSSR count). The highest BCUT2D eigenvalue weighted by molar-refractivity contribution is 6.02. The summed E-state index contributed by atoms with van der Waals surface area (Å²) in [5, 5.41) is 12.2. The lowest BCUT2D eigenvalue weighted by molar-refractivity contribution is 0.102. The van der Waals surface area contributed by atoms with Gasteiger partial charge in [-0.05, 0) is 55.2 Å². The second-order valence-electron chi connectivity index (χ2n) is 5.11. The van der Waals surface area contributed by atoms with E-state index in [1.165, 1.54) is 0 Å². The number of rotatable bonds is 5. The van der Waals surface area contributed by atoms with E-state index in [9.17, 15) is 9.90 Å². The van der Waals surface area contributed by atoms with Crippen LogP contribution in [0.4, 0.5) is 5.69 Å². The Bertz CT molecular complexity index is 621. The van der Waals surface area contributed by atoms with E-state index < -0.39 is 0 Å². The number of pyridine rings is 1. The first-order valence-corrected chi connectivity index (χ1v) is 7.16. The van der Waals surface area contributed by atoms with E-state index in [2.05, 4.69) is 17.2 Å². The zero-order valence-corrected chi connectivity index (χ0v) is 12.4. The van der Waals surface area contributed by atoms with Crippen LogP contribution >= 0.6 is 0 Å². The maximum atomic E-state index is 12.1. The first kappa shape index (κ1) is 15.0. The minimum atomic E-state index is -0.248. The zero-order chi connectivity index (χ0) is 15.2. The molecular formula is C17H20N2O2. The lowest BCUT2D eigenvalue weighted by Crippen LogP contribution is -2.13. The van der Waals surface area contributed by atoms with Crippen molar-refractivity contribution in [2.75, 3.05) is 5.32 Å². The Labute approximate surface area is 124 Å². The molecule has 21 heavy (non-hydrogen) atoms. The number of unbranched alkanes of at least 4 members (excludes halogenated alkanes) is 1. The molecule has 2 N–H and O–H groups in total. The SMILES string of the molecule is CCCCc1ccc(C(=O)Nc2ccc(O)c(C)c2)nc1. The fraction of sp³-hybridized carbons (Fsp3) is 0.294. The average Bonchev–Trinajstić information content (AvgIpc) is 2.49. The molecule has 0 atom stereocenters. The van der Waals surface area contributed by atoms with Crippen LogP contribution in [0.15, 0.2) is 36.5 Å². The molecule has 0 radical (unpaired) electrons. The fourth-order valence-electron chi connectivity index (χ4n) is 2.02. The zero-order valence-electron chi connectivity index (χ0n) is 12.4. The molecule has 0 aliphatic heterocycles. The third-order valence-electron chi connectivity index (χ3n) is 3.33. The molecule has 0 saturated heterocycles. The van der Waals surface area contributed by atoms with Gasteiger partial charge in [0.2, 0.25) is 0 Å². The maximum Gasteiger partial charge on any atom is 0.274 e. The van der Waals surface area contributed by atoms with E-state index in [-0.39, 0.29) is 11.7 Å². The number of phenols is 1. The predicted molar refractivity (Wildman–Crippen MR) is 83.6 cm³/mol. The highest BCUT2D eigenvalue weighted by atomic mass is 16.3. The van der Waals surface area contributed by atoms with Gasteiger partial charge in [-0.25, -0.2) is 0 Å². The lowest BCUT2D eigenvalue weighted by atomic mass is 10.1. The molecule has 0 spiro atoms. The van der Waals surface area contributed by atoms with Crippen LogP contribution in [0.3, 0.4) is 0 Å². The van der Waals surface area contributed by atoms with Crippen LogP contribution in [-0.4, -0.2) is 16.0 Å². The second kappa shape index (κ2) is 6.88. The lowest BCUT2D eigenvalue weighted by Gasteiger charge is -2.07. The molecule has 0 unspecified atom stereocenters. The van der Waals surface area contributed by atoms with Crippen LogP contribution in [0.5, 0.6) is 5.75 Å². The van der Waals surface area contributed by atoms with Gasteiger partial charge in [0.25, 0.3) is 5.91 Å². The van der Waals surface area contributed by atoms with Gasteiger partial charge in [0.05, 0.1) is 0 Å². The maximum absolute atomic E-state index is 12.1. The molecule has 1 aromatic heterocycles. The van der Waals surface area contributed by atoms with Crippen molar-refractivity contribution in [2.24, 2.45) is 0 Å². The van der Waals surface area contributed by atoms with E-state index in [0.717, 1.165) is 30.4 Å². The van der Waals surface area contributed by atoms with Crippen LogP contribution in [-0.2, 0) is 6.42 Å². The largest absolute Gasteiger partial charge is 0.508 e. The highest BCUT2D eigenvalue weighted by Crippen LogP contribution is 2.20. The van der Waals surface area contributed by atoms with Crippen molar-refractivity contribution in [1.82, 2.24) is 4.98 Å². The van der Waals surface area contributed by atoms with Crippen molar-refractivity contribution >= 4 is 11.6 Å². The molecule has 2 aromatic rings. The molecule has 0 fully saturated rings. The van der Waals surface area contributed by atoms with Gasteiger partial charge in [-0.1, -0.05) is 19.4 Å². The van der Waals surface area contributed by atoms with Crippen LogP contribution in [0.25, 0.3) is 0 Å². The Kier molecular flexibility index (Phi) is 4.93. The summed E-state index contributed by atoms with van der Waals surface area (Å²) >= 11 is 0. The van der Waals surface area contributed by atoms with Crippen molar-refractivity contribution in [1.29, 1.82) is 0 Å². The van der Waals surface area contributed by atoms with E-state index in [0.29, 0.717) is 11.4 Å². The number of carbonyl (C=O) groups is 1. The fourth-order valence-corrected chi connectivity index (χ4v) is 2.02. The number of benzene rings is 1. The average molecular weight is 284 g/mol. The molecule has 1 heterocycles. The number of aromatic nitrogens is 1. The van der Waals surface area contributed by atoms with Crippen molar-refractivity contribution in [2.45, 2.75) is 33.1 Å². The van der Waals surface area contributed by atoms with Crippen molar-refractivity contribution in [3.63, 3.8) is 0 Å². The normalized spacial score (nSPS) is 10.4. The van der Waals surface area contributed by atoms with Gasteiger partial charge >= 0.3 is 0 Å². The number of carbonyl (C=O) groups excluding carboxylic acids is 1. The number of aromatic hydroxyl groups is 1. The van der Waals surface area contributed by atoms with Gasteiger partial charge < -0.3 is 10.4 Å². The summed E-state index contributed by atoms with van der Waals surface area (Å²) in [6.07, 6.45) is 5.01. The quantitative estimate of drug-likeness (QED) is 0.823. The van der Waals surface area contributed by atoms with Crippen molar-refractivity contribution in [3.8, 4) is 5.75 Å². The van der Waals surface area contributed by atoms with E-state index in [1.54, 1.807) is 37.4 Å². The Morgan fingerprint density at radius 3 is 2.71 bits per heavy atom. The Morgan fingerprint density at radius 1 is 1.29 bits per heavy atom. The number of amides is 1. The molecule has 1 amide bonds. The van der Waals surface area contributed by atoms with Gasteiger partial charge in [-0.3, -0.25) is 9.78 Å². The number of phenolic OH excluding ortho intramolecular Hbond substituents is 1. The van der Waals surface area contributed by atoms with Gasteiger partial charge in [-0.2, -0.15) is 0 Å². The third-order valence-corrected chi connectivity index (χ3v) is 3.33. The van der Waals surface area contributed by atoms with Crippen LogP contribution in [0.1, 0.15) is 41.4 Å². The molecule has 110 valence electrons. The number of hydrogen-bond donors (Lipinski definition) is 2. The molecule has 1 aromatic carbocycles. The molecule has 0 aliphatic carbocycles. The summed E-state index contributed by atoms with van der Waals surface area (Å²) < 4.78 is 0. The summed E-state index contributed by atoms with van der Waals surface area (Å²) in [6.45, 7) is 3.93. The first-order chi connectivity index (χ1) is 10.1. The summed E-state index contributed by atoms with van der Waals surface area (Å²) in [5.74, 6) is -0.0338. The number of nitrogens with zero attached hydrogens (tertiary/aromatic N) is 1. The summed E-state index contributed by atoms with van der Waals surface area (Å²) in [5.41, 5.74) is 2.90. The minimum Gasteiger partial charge on any atom is -0.508 e. The second-order valence-corrected chi connectivity index (χ2v) is 5.11. The van der Waals surface area contributed by atoms with Crippen molar-refractivity contribution < 1.29 is 9.90 Å². The number of aryl methyl sites for hydroxylation is 2. The van der Waals surface area contributed by atoms with Gasteiger partial charge in [0, 0.05) is 11.9 Å². The Morgan fingerprint density at radius 2 is 2.10 bits per heavy atom. The van der Waals surface area contributed by atoms with Gasteiger partial charge in [-0.15, -0.1) is 0 Å². The Hall–Kier alpha value is -2.36.